The molecule has 122 valence electrons. The Bertz CT molecular complexity index is 656. The van der Waals surface area contributed by atoms with Crippen LogP contribution in [-0.4, -0.2) is 16.9 Å². The number of halogens is 3. The second-order valence-electron chi connectivity index (χ2n) is 5.37. The Morgan fingerprint density at radius 3 is 2.61 bits per heavy atom. The number of hydrogen-bond donors (Lipinski definition) is 1. The zero-order valence-electron chi connectivity index (χ0n) is 12.6. The number of rotatable bonds is 5. The normalized spacial score (nSPS) is 12.7. The van der Waals surface area contributed by atoms with Crippen LogP contribution in [0.5, 0.6) is 0 Å². The maximum Gasteiger partial charge on any atom is 0.416 e. The van der Waals surface area contributed by atoms with Crippen molar-refractivity contribution in [2.75, 3.05) is 0 Å². The van der Waals surface area contributed by atoms with Crippen molar-refractivity contribution in [1.29, 1.82) is 0 Å². The van der Waals surface area contributed by atoms with Gasteiger partial charge in [0, 0.05) is 18.4 Å². The van der Waals surface area contributed by atoms with Crippen molar-refractivity contribution in [3.05, 3.63) is 65.5 Å². The van der Waals surface area contributed by atoms with Gasteiger partial charge in [0.1, 0.15) is 0 Å². The summed E-state index contributed by atoms with van der Waals surface area (Å²) in [4.78, 5) is 15.9. The van der Waals surface area contributed by atoms with E-state index in [-0.39, 0.29) is 24.3 Å². The zero-order chi connectivity index (χ0) is 16.9. The van der Waals surface area contributed by atoms with Crippen LogP contribution in [0.15, 0.2) is 48.8 Å². The van der Waals surface area contributed by atoms with E-state index in [1.165, 1.54) is 12.1 Å². The summed E-state index contributed by atoms with van der Waals surface area (Å²) >= 11 is 0. The van der Waals surface area contributed by atoms with Gasteiger partial charge in [-0.15, -0.1) is 0 Å². The average molecular weight is 322 g/mol. The molecule has 0 bridgehead atoms. The maximum atomic E-state index is 13.0. The number of nitrogens with one attached hydrogen (secondary N) is 1. The summed E-state index contributed by atoms with van der Waals surface area (Å²) < 4.78 is 38.9. The minimum absolute atomic E-state index is 0.120. The standard InChI is InChI=1S/C17H17F3N2O/c1-12(22-16(23)10-13-5-4-8-21-11-13)9-14-6-2-3-7-15(14)17(18,19)20/h2-8,11-12H,9-10H2,1H3,(H,22,23)/t12-/m0/s1. The summed E-state index contributed by atoms with van der Waals surface area (Å²) in [5, 5.41) is 2.72. The molecule has 1 aromatic heterocycles. The Kier molecular flexibility index (Phi) is 5.36. The third-order valence-corrected chi connectivity index (χ3v) is 3.34. The van der Waals surface area contributed by atoms with Gasteiger partial charge in [-0.1, -0.05) is 24.3 Å². The van der Waals surface area contributed by atoms with Crippen LogP contribution in [0.25, 0.3) is 0 Å². The summed E-state index contributed by atoms with van der Waals surface area (Å²) in [6.45, 7) is 1.69. The van der Waals surface area contributed by atoms with Crippen molar-refractivity contribution in [2.45, 2.75) is 32.0 Å². The lowest BCUT2D eigenvalue weighted by molar-refractivity contribution is -0.138. The summed E-state index contributed by atoms with van der Waals surface area (Å²) in [5.41, 5.74) is 0.274. The zero-order valence-corrected chi connectivity index (χ0v) is 12.6. The van der Waals surface area contributed by atoms with E-state index in [9.17, 15) is 18.0 Å². The molecule has 1 N–H and O–H groups in total. The number of hydrogen-bond acceptors (Lipinski definition) is 2. The highest BCUT2D eigenvalue weighted by atomic mass is 19.4. The molecule has 2 rings (SSSR count). The Labute approximate surface area is 132 Å². The molecule has 0 aliphatic heterocycles. The fraction of sp³-hybridized carbons (Fsp3) is 0.294. The molecule has 1 heterocycles. The molecule has 0 saturated heterocycles. The van der Waals surface area contributed by atoms with Gasteiger partial charge in [0.05, 0.1) is 12.0 Å². The van der Waals surface area contributed by atoms with Crippen LogP contribution in [0.2, 0.25) is 0 Å². The van der Waals surface area contributed by atoms with Gasteiger partial charge in [-0.3, -0.25) is 9.78 Å². The van der Waals surface area contributed by atoms with Crippen molar-refractivity contribution in [3.8, 4) is 0 Å². The molecule has 1 atom stereocenters. The van der Waals surface area contributed by atoms with Crippen LogP contribution in [-0.2, 0) is 23.8 Å². The van der Waals surface area contributed by atoms with E-state index >= 15 is 0 Å². The predicted octanol–water partition coefficient (Wildman–Crippen LogP) is 3.39. The minimum atomic E-state index is -4.39. The number of amides is 1. The summed E-state index contributed by atoms with van der Waals surface area (Å²) in [5.74, 6) is -0.241. The topological polar surface area (TPSA) is 42.0 Å². The number of nitrogens with zero attached hydrogens (tertiary/aromatic N) is 1. The second kappa shape index (κ2) is 7.26. The largest absolute Gasteiger partial charge is 0.416 e. The molecule has 0 unspecified atom stereocenters. The fourth-order valence-electron chi connectivity index (χ4n) is 2.37. The smallest absolute Gasteiger partial charge is 0.353 e. The Balaban J connectivity index is 1.97. The van der Waals surface area contributed by atoms with Crippen LogP contribution >= 0.6 is 0 Å². The molecule has 2 aromatic rings. The Hall–Kier alpha value is -2.37. The highest BCUT2D eigenvalue weighted by molar-refractivity contribution is 5.78. The van der Waals surface area contributed by atoms with Crippen LogP contribution in [0.4, 0.5) is 13.2 Å². The van der Waals surface area contributed by atoms with Crippen LogP contribution < -0.4 is 5.32 Å². The van der Waals surface area contributed by atoms with Crippen molar-refractivity contribution < 1.29 is 18.0 Å². The van der Waals surface area contributed by atoms with E-state index in [0.29, 0.717) is 0 Å². The second-order valence-corrected chi connectivity index (χ2v) is 5.37. The first-order chi connectivity index (χ1) is 10.9. The number of alkyl halides is 3. The molecular formula is C17H17F3N2O. The number of aromatic nitrogens is 1. The average Bonchev–Trinajstić information content (AvgIpc) is 2.47. The van der Waals surface area contributed by atoms with Crippen LogP contribution in [0.3, 0.4) is 0 Å². The van der Waals surface area contributed by atoms with Crippen molar-refractivity contribution in [3.63, 3.8) is 0 Å². The molecule has 3 nitrogen and oxygen atoms in total. The number of pyridine rings is 1. The van der Waals surface area contributed by atoms with Crippen LogP contribution in [0.1, 0.15) is 23.6 Å². The molecule has 0 saturated carbocycles. The van der Waals surface area contributed by atoms with Crippen LogP contribution in [0, 0.1) is 0 Å². The van der Waals surface area contributed by atoms with Gasteiger partial charge in [-0.05, 0) is 36.6 Å². The SMILES string of the molecule is C[C@@H](Cc1ccccc1C(F)(F)F)NC(=O)Cc1cccnc1. The molecule has 0 aliphatic rings. The summed E-state index contributed by atoms with van der Waals surface area (Å²) in [6.07, 6.45) is -0.926. The molecule has 0 aliphatic carbocycles. The first kappa shape index (κ1) is 17.0. The van der Waals surface area contributed by atoms with Gasteiger partial charge in [0.2, 0.25) is 5.91 Å². The van der Waals surface area contributed by atoms with Gasteiger partial charge in [-0.25, -0.2) is 0 Å². The molecule has 23 heavy (non-hydrogen) atoms. The van der Waals surface area contributed by atoms with E-state index in [0.717, 1.165) is 11.6 Å². The minimum Gasteiger partial charge on any atom is -0.353 e. The van der Waals surface area contributed by atoms with Gasteiger partial charge in [0.25, 0.3) is 0 Å². The summed E-state index contributed by atoms with van der Waals surface area (Å²) in [7, 11) is 0. The van der Waals surface area contributed by atoms with E-state index in [1.807, 2.05) is 0 Å². The predicted molar refractivity (Wildman–Crippen MR) is 80.7 cm³/mol. The first-order valence-corrected chi connectivity index (χ1v) is 7.19. The monoisotopic (exact) mass is 322 g/mol. The lowest BCUT2D eigenvalue weighted by Gasteiger charge is -2.17. The Morgan fingerprint density at radius 2 is 1.96 bits per heavy atom. The lowest BCUT2D eigenvalue weighted by Crippen LogP contribution is -2.35. The Morgan fingerprint density at radius 1 is 1.22 bits per heavy atom. The van der Waals surface area contributed by atoms with Gasteiger partial charge in [-0.2, -0.15) is 13.2 Å². The number of carbonyl (C=O) groups is 1. The molecule has 0 radical (unpaired) electrons. The number of carbonyl (C=O) groups excluding carboxylic acids is 1. The molecule has 0 spiro atoms. The van der Waals surface area contributed by atoms with E-state index in [1.54, 1.807) is 37.5 Å². The van der Waals surface area contributed by atoms with Crippen molar-refractivity contribution >= 4 is 5.91 Å². The third-order valence-electron chi connectivity index (χ3n) is 3.34. The van der Waals surface area contributed by atoms with Gasteiger partial charge >= 0.3 is 6.18 Å². The molecule has 6 heteroatoms. The van der Waals surface area contributed by atoms with Crippen molar-refractivity contribution in [1.82, 2.24) is 10.3 Å². The fourth-order valence-corrected chi connectivity index (χ4v) is 2.37. The van der Waals surface area contributed by atoms with E-state index in [2.05, 4.69) is 10.3 Å². The van der Waals surface area contributed by atoms with Gasteiger partial charge in [0.15, 0.2) is 0 Å². The van der Waals surface area contributed by atoms with Crippen molar-refractivity contribution in [2.24, 2.45) is 0 Å². The summed E-state index contributed by atoms with van der Waals surface area (Å²) in [6, 6.07) is 8.52. The number of benzene rings is 1. The first-order valence-electron chi connectivity index (χ1n) is 7.19. The van der Waals surface area contributed by atoms with E-state index in [4.69, 9.17) is 0 Å². The highest BCUT2D eigenvalue weighted by Crippen LogP contribution is 2.32. The highest BCUT2D eigenvalue weighted by Gasteiger charge is 2.33. The third kappa shape index (κ3) is 5.09. The molecule has 1 aromatic carbocycles. The molecule has 1 amide bonds. The molecular weight excluding hydrogens is 305 g/mol. The lowest BCUT2D eigenvalue weighted by atomic mass is 10.0. The maximum absolute atomic E-state index is 13.0. The van der Waals surface area contributed by atoms with Gasteiger partial charge < -0.3 is 5.32 Å². The quantitative estimate of drug-likeness (QED) is 0.917. The van der Waals surface area contributed by atoms with E-state index < -0.39 is 17.8 Å². The molecule has 0 fully saturated rings.